The van der Waals surface area contributed by atoms with Crippen LogP contribution in [-0.2, 0) is 11.2 Å². The maximum absolute atomic E-state index is 12.6. The van der Waals surface area contributed by atoms with Crippen molar-refractivity contribution >= 4 is 5.97 Å². The predicted octanol–water partition coefficient (Wildman–Crippen LogP) is 0.987. The summed E-state index contributed by atoms with van der Waals surface area (Å²) < 4.78 is 25.0. The van der Waals surface area contributed by atoms with Gasteiger partial charge < -0.3 is 5.11 Å². The van der Waals surface area contributed by atoms with Crippen LogP contribution >= 0.6 is 0 Å². The minimum Gasteiger partial charge on any atom is -0.481 e. The third kappa shape index (κ3) is 1.98. The molecule has 0 bridgehead atoms. The molecule has 12 heavy (non-hydrogen) atoms. The second-order valence-electron chi connectivity index (χ2n) is 2.13. The Morgan fingerprint density at radius 3 is 2.75 bits per heavy atom. The molecule has 0 radical (unpaired) electrons. The van der Waals surface area contributed by atoms with E-state index in [-0.39, 0.29) is 5.69 Å². The lowest BCUT2D eigenvalue weighted by molar-refractivity contribution is -0.136. The van der Waals surface area contributed by atoms with Crippen LogP contribution in [0.15, 0.2) is 12.1 Å². The number of hydrogen-bond acceptors (Lipinski definition) is 2. The smallest absolute Gasteiger partial charge is 0.309 e. The van der Waals surface area contributed by atoms with E-state index >= 15 is 0 Å². The molecule has 0 saturated heterocycles. The standard InChI is InChI=1S/C7H5F2NO2/c8-4-1-2-6(9)10-5(4)3-7(11)12/h1-2H,3H2,(H,11,12). The highest BCUT2D eigenvalue weighted by Crippen LogP contribution is 2.05. The maximum Gasteiger partial charge on any atom is 0.309 e. The SMILES string of the molecule is O=C(O)Cc1nc(F)ccc1F. The number of carboxylic acid groups (broad SMARTS) is 1. The summed E-state index contributed by atoms with van der Waals surface area (Å²) >= 11 is 0. The lowest BCUT2D eigenvalue weighted by Crippen LogP contribution is -2.05. The van der Waals surface area contributed by atoms with E-state index in [4.69, 9.17) is 5.11 Å². The van der Waals surface area contributed by atoms with E-state index in [1.165, 1.54) is 0 Å². The van der Waals surface area contributed by atoms with Crippen LogP contribution in [0.2, 0.25) is 0 Å². The highest BCUT2D eigenvalue weighted by Gasteiger charge is 2.08. The first-order valence-electron chi connectivity index (χ1n) is 3.12. The van der Waals surface area contributed by atoms with E-state index in [2.05, 4.69) is 4.98 Å². The molecule has 0 aliphatic heterocycles. The molecule has 5 heteroatoms. The van der Waals surface area contributed by atoms with Gasteiger partial charge in [0.1, 0.15) is 5.82 Å². The monoisotopic (exact) mass is 173 g/mol. The van der Waals surface area contributed by atoms with Crippen LogP contribution < -0.4 is 0 Å². The van der Waals surface area contributed by atoms with Gasteiger partial charge in [-0.1, -0.05) is 0 Å². The zero-order valence-corrected chi connectivity index (χ0v) is 5.92. The Bertz CT molecular complexity index is 314. The van der Waals surface area contributed by atoms with Crippen LogP contribution in [0.1, 0.15) is 5.69 Å². The van der Waals surface area contributed by atoms with Crippen molar-refractivity contribution in [2.45, 2.75) is 6.42 Å². The maximum atomic E-state index is 12.6. The van der Waals surface area contributed by atoms with E-state index in [9.17, 15) is 13.6 Å². The van der Waals surface area contributed by atoms with Crippen LogP contribution in [0, 0.1) is 11.8 Å². The van der Waals surface area contributed by atoms with E-state index < -0.39 is 24.2 Å². The van der Waals surface area contributed by atoms with Gasteiger partial charge in [0.25, 0.3) is 0 Å². The molecule has 1 heterocycles. The van der Waals surface area contributed by atoms with Crippen LogP contribution in [0.25, 0.3) is 0 Å². The molecule has 1 N–H and O–H groups in total. The average Bonchev–Trinajstić information content (AvgIpc) is 1.96. The molecule has 0 amide bonds. The second kappa shape index (κ2) is 3.25. The molecule has 1 rings (SSSR count). The summed E-state index contributed by atoms with van der Waals surface area (Å²) in [5.41, 5.74) is -0.387. The summed E-state index contributed by atoms with van der Waals surface area (Å²) in [7, 11) is 0. The Balaban J connectivity index is 2.97. The number of halogens is 2. The van der Waals surface area contributed by atoms with E-state index in [0.717, 1.165) is 12.1 Å². The summed E-state index contributed by atoms with van der Waals surface area (Å²) in [6.07, 6.45) is -0.608. The average molecular weight is 173 g/mol. The fraction of sp³-hybridized carbons (Fsp3) is 0.143. The Morgan fingerprint density at radius 2 is 2.17 bits per heavy atom. The summed E-state index contributed by atoms with van der Waals surface area (Å²) in [6.45, 7) is 0. The largest absolute Gasteiger partial charge is 0.481 e. The normalized spacial score (nSPS) is 9.83. The number of pyridine rings is 1. The molecule has 1 aromatic heterocycles. The van der Waals surface area contributed by atoms with Crippen molar-refractivity contribution in [1.29, 1.82) is 0 Å². The molecule has 0 aliphatic rings. The molecular weight excluding hydrogens is 168 g/mol. The van der Waals surface area contributed by atoms with E-state index in [1.54, 1.807) is 0 Å². The summed E-state index contributed by atoms with van der Waals surface area (Å²) in [5, 5.41) is 8.25. The van der Waals surface area contributed by atoms with Crippen molar-refractivity contribution in [3.05, 3.63) is 29.6 Å². The van der Waals surface area contributed by atoms with Crippen molar-refractivity contribution < 1.29 is 18.7 Å². The number of aromatic nitrogens is 1. The zero-order valence-electron chi connectivity index (χ0n) is 5.92. The highest BCUT2D eigenvalue weighted by molar-refractivity contribution is 5.69. The Labute approximate surface area is 66.7 Å². The minimum absolute atomic E-state index is 0.387. The van der Waals surface area contributed by atoms with Crippen molar-refractivity contribution in [1.82, 2.24) is 4.98 Å². The number of carboxylic acids is 1. The molecule has 0 atom stereocenters. The third-order valence-corrected chi connectivity index (χ3v) is 1.20. The number of nitrogens with zero attached hydrogens (tertiary/aromatic N) is 1. The van der Waals surface area contributed by atoms with Crippen LogP contribution in [0.4, 0.5) is 8.78 Å². The van der Waals surface area contributed by atoms with Gasteiger partial charge in [-0.05, 0) is 12.1 Å². The first-order valence-corrected chi connectivity index (χ1v) is 3.12. The molecule has 0 spiro atoms. The molecule has 0 saturated carbocycles. The van der Waals surface area contributed by atoms with Gasteiger partial charge in [-0.25, -0.2) is 9.37 Å². The number of hydrogen-bond donors (Lipinski definition) is 1. The third-order valence-electron chi connectivity index (χ3n) is 1.20. The fourth-order valence-corrected chi connectivity index (χ4v) is 0.725. The van der Waals surface area contributed by atoms with Crippen molar-refractivity contribution in [3.63, 3.8) is 0 Å². The summed E-state index contributed by atoms with van der Waals surface area (Å²) in [6, 6.07) is 1.68. The first-order chi connectivity index (χ1) is 5.59. The molecule has 64 valence electrons. The molecule has 0 unspecified atom stereocenters. The van der Waals surface area contributed by atoms with Gasteiger partial charge >= 0.3 is 5.97 Å². The molecule has 3 nitrogen and oxygen atoms in total. The topological polar surface area (TPSA) is 50.2 Å². The quantitative estimate of drug-likeness (QED) is 0.678. The number of rotatable bonds is 2. The molecule has 0 aromatic carbocycles. The lowest BCUT2D eigenvalue weighted by Gasteiger charge is -1.97. The first kappa shape index (κ1) is 8.58. The second-order valence-corrected chi connectivity index (χ2v) is 2.13. The highest BCUT2D eigenvalue weighted by atomic mass is 19.1. The Morgan fingerprint density at radius 1 is 1.50 bits per heavy atom. The lowest BCUT2D eigenvalue weighted by atomic mass is 10.2. The minimum atomic E-state index is -1.24. The molecule has 0 fully saturated rings. The number of aliphatic carboxylic acids is 1. The molecule has 0 aliphatic carbocycles. The van der Waals surface area contributed by atoms with Crippen LogP contribution in [-0.4, -0.2) is 16.1 Å². The molecular formula is C7H5F2NO2. The zero-order chi connectivity index (χ0) is 9.14. The molecule has 1 aromatic rings. The van der Waals surface area contributed by atoms with Gasteiger partial charge in [-0.2, -0.15) is 4.39 Å². The van der Waals surface area contributed by atoms with Gasteiger partial charge in [0, 0.05) is 0 Å². The van der Waals surface area contributed by atoms with Gasteiger partial charge in [-0.3, -0.25) is 4.79 Å². The number of carbonyl (C=O) groups is 1. The van der Waals surface area contributed by atoms with Crippen molar-refractivity contribution in [2.24, 2.45) is 0 Å². The van der Waals surface area contributed by atoms with Crippen molar-refractivity contribution in [2.75, 3.05) is 0 Å². The Hall–Kier alpha value is -1.52. The summed E-state index contributed by atoms with van der Waals surface area (Å²) in [5.74, 6) is -2.93. The van der Waals surface area contributed by atoms with E-state index in [0.29, 0.717) is 0 Å². The van der Waals surface area contributed by atoms with Crippen LogP contribution in [0.3, 0.4) is 0 Å². The van der Waals surface area contributed by atoms with Gasteiger partial charge in [-0.15, -0.1) is 0 Å². The Kier molecular flexibility index (Phi) is 2.32. The van der Waals surface area contributed by atoms with Crippen LogP contribution in [0.5, 0.6) is 0 Å². The van der Waals surface area contributed by atoms with Crippen molar-refractivity contribution in [3.8, 4) is 0 Å². The van der Waals surface area contributed by atoms with Gasteiger partial charge in [0.15, 0.2) is 0 Å². The summed E-state index contributed by atoms with van der Waals surface area (Å²) in [4.78, 5) is 13.2. The van der Waals surface area contributed by atoms with Gasteiger partial charge in [0.05, 0.1) is 12.1 Å². The predicted molar refractivity (Wildman–Crippen MR) is 35.5 cm³/mol. The van der Waals surface area contributed by atoms with Gasteiger partial charge in [0.2, 0.25) is 5.95 Å². The van der Waals surface area contributed by atoms with E-state index in [1.807, 2.05) is 0 Å². The fourth-order valence-electron chi connectivity index (χ4n) is 0.725.